The molecule has 1 N–H and O–H groups in total. The third-order valence-corrected chi connectivity index (χ3v) is 8.75. The van der Waals surface area contributed by atoms with Crippen LogP contribution in [0, 0.1) is 0 Å². The molecule has 0 spiro atoms. The number of hydrogen-bond acceptors (Lipinski definition) is 6. The molecule has 250 valence electrons. The first kappa shape index (κ1) is 36.4. The summed E-state index contributed by atoms with van der Waals surface area (Å²) in [4.78, 5) is 25.2. The number of aryl methyl sites for hydroxylation is 1. The fourth-order valence-electron chi connectivity index (χ4n) is 6.03. The Balaban J connectivity index is 1.44. The van der Waals surface area contributed by atoms with Crippen LogP contribution in [0.25, 0.3) is 0 Å². The zero-order valence-electron chi connectivity index (χ0n) is 28.1. The van der Waals surface area contributed by atoms with Gasteiger partial charge in [-0.05, 0) is 49.4 Å². The number of rotatable bonds is 23. The number of benzene rings is 2. The molecule has 1 heterocycles. The summed E-state index contributed by atoms with van der Waals surface area (Å²) in [6.07, 6.45) is 23.4. The molecule has 0 amide bonds. The lowest BCUT2D eigenvalue weighted by Crippen LogP contribution is -2.18. The SMILES string of the molecule is CCCCCCCCCCCC(=O)Oc1ccc2c(c1)OC(c1ccc(O)cc1OC(=O)CCCCCCCCCCC)CC2. The van der Waals surface area contributed by atoms with E-state index < -0.39 is 0 Å². The molecule has 1 aliphatic rings. The maximum Gasteiger partial charge on any atom is 0.311 e. The number of phenols is 1. The molecule has 0 aliphatic carbocycles. The quantitative estimate of drug-likeness (QED) is 0.0754. The van der Waals surface area contributed by atoms with Crippen molar-refractivity contribution in [2.75, 3.05) is 0 Å². The minimum atomic E-state index is -0.346. The molecular weight excluding hydrogens is 564 g/mol. The lowest BCUT2D eigenvalue weighted by atomic mass is 9.96. The van der Waals surface area contributed by atoms with Gasteiger partial charge in [-0.2, -0.15) is 0 Å². The number of hydrogen-bond donors (Lipinski definition) is 1. The van der Waals surface area contributed by atoms with Gasteiger partial charge in [0, 0.05) is 30.5 Å². The first-order valence-electron chi connectivity index (χ1n) is 18.0. The first-order valence-corrected chi connectivity index (χ1v) is 18.0. The van der Waals surface area contributed by atoms with Crippen molar-refractivity contribution in [1.29, 1.82) is 0 Å². The highest BCUT2D eigenvalue weighted by atomic mass is 16.5. The van der Waals surface area contributed by atoms with Crippen molar-refractivity contribution in [2.45, 2.75) is 161 Å². The average Bonchev–Trinajstić information content (AvgIpc) is 3.03. The molecule has 1 aliphatic heterocycles. The van der Waals surface area contributed by atoms with Crippen molar-refractivity contribution in [3.05, 3.63) is 47.5 Å². The second kappa shape index (κ2) is 21.7. The monoisotopic (exact) mass is 622 g/mol. The molecule has 1 unspecified atom stereocenters. The lowest BCUT2D eigenvalue weighted by molar-refractivity contribution is -0.135. The number of ether oxygens (including phenoxy) is 3. The van der Waals surface area contributed by atoms with Crippen LogP contribution in [0.5, 0.6) is 23.0 Å². The van der Waals surface area contributed by atoms with Gasteiger partial charge in [0.05, 0.1) is 0 Å². The van der Waals surface area contributed by atoms with Crippen molar-refractivity contribution in [3.8, 4) is 23.0 Å². The molecular formula is C39H58O6. The zero-order chi connectivity index (χ0) is 32.1. The van der Waals surface area contributed by atoms with Crippen LogP contribution in [0.2, 0.25) is 0 Å². The van der Waals surface area contributed by atoms with E-state index in [0.717, 1.165) is 49.7 Å². The fourth-order valence-corrected chi connectivity index (χ4v) is 6.03. The summed E-state index contributed by atoms with van der Waals surface area (Å²) >= 11 is 0. The molecule has 0 radical (unpaired) electrons. The summed E-state index contributed by atoms with van der Waals surface area (Å²) < 4.78 is 17.8. The Morgan fingerprint density at radius 1 is 0.689 bits per heavy atom. The lowest BCUT2D eigenvalue weighted by Gasteiger charge is -2.28. The van der Waals surface area contributed by atoms with Gasteiger partial charge in [0.2, 0.25) is 0 Å². The second-order valence-corrected chi connectivity index (χ2v) is 12.7. The van der Waals surface area contributed by atoms with Gasteiger partial charge in [-0.15, -0.1) is 0 Å². The molecule has 3 rings (SSSR count). The van der Waals surface area contributed by atoms with Gasteiger partial charge in [-0.1, -0.05) is 123 Å². The number of unbranched alkanes of at least 4 members (excludes halogenated alkanes) is 16. The van der Waals surface area contributed by atoms with Crippen molar-refractivity contribution in [1.82, 2.24) is 0 Å². The molecule has 0 saturated heterocycles. The molecule has 1 atom stereocenters. The number of aromatic hydroxyl groups is 1. The van der Waals surface area contributed by atoms with Crippen LogP contribution in [0.15, 0.2) is 36.4 Å². The van der Waals surface area contributed by atoms with Gasteiger partial charge in [0.1, 0.15) is 29.1 Å². The van der Waals surface area contributed by atoms with Crippen molar-refractivity contribution in [3.63, 3.8) is 0 Å². The van der Waals surface area contributed by atoms with E-state index in [2.05, 4.69) is 13.8 Å². The predicted molar refractivity (Wildman–Crippen MR) is 181 cm³/mol. The van der Waals surface area contributed by atoms with Crippen molar-refractivity contribution >= 4 is 11.9 Å². The molecule has 0 bridgehead atoms. The highest BCUT2D eigenvalue weighted by molar-refractivity contribution is 5.73. The van der Waals surface area contributed by atoms with Gasteiger partial charge >= 0.3 is 11.9 Å². The fraction of sp³-hybridized carbons (Fsp3) is 0.641. The van der Waals surface area contributed by atoms with Gasteiger partial charge < -0.3 is 19.3 Å². The molecule has 2 aromatic carbocycles. The Morgan fingerprint density at radius 3 is 1.80 bits per heavy atom. The van der Waals surface area contributed by atoms with Crippen molar-refractivity contribution in [2.24, 2.45) is 0 Å². The third kappa shape index (κ3) is 14.3. The third-order valence-electron chi connectivity index (χ3n) is 8.75. The Bertz CT molecular complexity index is 1140. The number of phenolic OH excluding ortho intramolecular Hbond substituents is 1. The van der Waals surface area contributed by atoms with Crippen LogP contribution in [0.3, 0.4) is 0 Å². The number of carbonyl (C=O) groups excluding carboxylic acids is 2. The van der Waals surface area contributed by atoms with Crippen LogP contribution in [0.1, 0.15) is 166 Å². The Morgan fingerprint density at radius 2 is 1.22 bits per heavy atom. The van der Waals surface area contributed by atoms with Gasteiger partial charge in [-0.3, -0.25) is 9.59 Å². The number of esters is 2. The number of fused-ring (bicyclic) bond motifs is 1. The summed E-state index contributed by atoms with van der Waals surface area (Å²) in [5.41, 5.74) is 1.78. The van der Waals surface area contributed by atoms with Crippen LogP contribution in [-0.4, -0.2) is 17.0 Å². The van der Waals surface area contributed by atoms with Gasteiger partial charge in [0.15, 0.2) is 0 Å². The molecule has 0 fully saturated rings. The predicted octanol–water partition coefficient (Wildman–Crippen LogP) is 11.1. The Kier molecular flexibility index (Phi) is 17.6. The van der Waals surface area contributed by atoms with E-state index in [-0.39, 0.29) is 23.8 Å². The largest absolute Gasteiger partial charge is 0.508 e. The number of carbonyl (C=O) groups is 2. The molecule has 6 nitrogen and oxygen atoms in total. The van der Waals surface area contributed by atoms with E-state index in [4.69, 9.17) is 14.2 Å². The van der Waals surface area contributed by atoms with Gasteiger partial charge in [-0.25, -0.2) is 0 Å². The molecule has 0 saturated carbocycles. The molecule has 45 heavy (non-hydrogen) atoms. The minimum absolute atomic E-state index is 0.0435. The van der Waals surface area contributed by atoms with Gasteiger partial charge in [0.25, 0.3) is 0 Å². The van der Waals surface area contributed by atoms with E-state index in [1.807, 2.05) is 12.1 Å². The summed E-state index contributed by atoms with van der Waals surface area (Å²) in [5.74, 6) is 1.02. The zero-order valence-corrected chi connectivity index (χ0v) is 28.1. The summed E-state index contributed by atoms with van der Waals surface area (Å²) in [6.45, 7) is 4.47. The summed E-state index contributed by atoms with van der Waals surface area (Å²) in [7, 11) is 0. The molecule has 0 aromatic heterocycles. The van der Waals surface area contributed by atoms with Crippen LogP contribution in [0.4, 0.5) is 0 Å². The van der Waals surface area contributed by atoms with E-state index >= 15 is 0 Å². The van der Waals surface area contributed by atoms with E-state index in [9.17, 15) is 14.7 Å². The van der Waals surface area contributed by atoms with E-state index in [1.54, 1.807) is 18.2 Å². The second-order valence-electron chi connectivity index (χ2n) is 12.7. The smallest absolute Gasteiger partial charge is 0.311 e. The Labute approximate surface area is 272 Å². The standard InChI is InChI=1S/C39H58O6/c1-3-5-7-9-11-13-15-17-19-21-38(41)43-33-26-23-31-24-28-35(44-36(31)30-33)34-27-25-32(40)29-37(34)45-39(42)22-20-18-16-14-12-10-8-6-4-2/h23,25-27,29-30,35,40H,3-22,24,28H2,1-2H3. The summed E-state index contributed by atoms with van der Waals surface area (Å²) in [5, 5.41) is 10.1. The molecule has 2 aromatic rings. The molecule has 6 heteroatoms. The minimum Gasteiger partial charge on any atom is -0.508 e. The highest BCUT2D eigenvalue weighted by Gasteiger charge is 2.26. The average molecular weight is 623 g/mol. The maximum atomic E-state index is 12.7. The van der Waals surface area contributed by atoms with E-state index in [1.165, 1.54) is 89.5 Å². The van der Waals surface area contributed by atoms with Crippen LogP contribution < -0.4 is 14.2 Å². The highest BCUT2D eigenvalue weighted by Crippen LogP contribution is 2.41. The first-order chi connectivity index (χ1) is 22.0. The van der Waals surface area contributed by atoms with E-state index in [0.29, 0.717) is 36.5 Å². The topological polar surface area (TPSA) is 82.1 Å². The van der Waals surface area contributed by atoms with Crippen LogP contribution in [-0.2, 0) is 16.0 Å². The van der Waals surface area contributed by atoms with Crippen LogP contribution >= 0.6 is 0 Å². The summed E-state index contributed by atoms with van der Waals surface area (Å²) in [6, 6.07) is 10.4. The maximum absolute atomic E-state index is 12.7. The van der Waals surface area contributed by atoms with Crippen molar-refractivity contribution < 1.29 is 28.9 Å². The Hall–Kier alpha value is -3.02. The normalized spacial score (nSPS) is 14.0.